The van der Waals surface area contributed by atoms with Crippen molar-refractivity contribution in [1.29, 1.82) is 0 Å². The van der Waals surface area contributed by atoms with Gasteiger partial charge in [-0.25, -0.2) is 9.97 Å². The van der Waals surface area contributed by atoms with Crippen molar-refractivity contribution >= 4 is 5.91 Å². The van der Waals surface area contributed by atoms with Crippen molar-refractivity contribution in [3.8, 4) is 6.01 Å². The molecule has 3 heterocycles. The number of carbonyl (C=O) groups is 1. The van der Waals surface area contributed by atoms with E-state index in [-0.39, 0.29) is 12.0 Å². The number of carbonyl (C=O) groups excluding carboxylic acids is 1. The van der Waals surface area contributed by atoms with Gasteiger partial charge in [-0.05, 0) is 36.8 Å². The zero-order valence-electron chi connectivity index (χ0n) is 17.1. The highest BCUT2D eigenvalue weighted by atomic mass is 16.5. The molecule has 0 bridgehead atoms. The van der Waals surface area contributed by atoms with E-state index in [1.807, 2.05) is 12.4 Å². The quantitative estimate of drug-likeness (QED) is 0.783. The summed E-state index contributed by atoms with van der Waals surface area (Å²) in [6.45, 7) is 5.92. The second-order valence-corrected chi connectivity index (χ2v) is 8.76. The number of amides is 1. The highest BCUT2D eigenvalue weighted by Gasteiger charge is 2.51. The van der Waals surface area contributed by atoms with E-state index in [1.54, 1.807) is 7.11 Å². The van der Waals surface area contributed by atoms with E-state index in [0.29, 0.717) is 23.8 Å². The van der Waals surface area contributed by atoms with Crippen molar-refractivity contribution in [2.24, 2.45) is 17.8 Å². The first kappa shape index (κ1) is 18.6. The van der Waals surface area contributed by atoms with Gasteiger partial charge in [-0.15, -0.1) is 0 Å². The fourth-order valence-corrected chi connectivity index (χ4v) is 5.16. The van der Waals surface area contributed by atoms with Crippen LogP contribution in [0.5, 0.6) is 6.01 Å². The molecule has 6 nitrogen and oxygen atoms in total. The Kier molecular flexibility index (Phi) is 4.74. The Hall–Kier alpha value is -2.47. The van der Waals surface area contributed by atoms with Gasteiger partial charge in [0.15, 0.2) is 0 Å². The molecule has 6 heteroatoms. The summed E-state index contributed by atoms with van der Waals surface area (Å²) in [6.07, 6.45) is 5.83. The summed E-state index contributed by atoms with van der Waals surface area (Å²) in [7, 11) is 1.58. The zero-order valence-corrected chi connectivity index (χ0v) is 17.1. The van der Waals surface area contributed by atoms with Crippen molar-refractivity contribution < 1.29 is 9.53 Å². The Morgan fingerprint density at radius 2 is 1.90 bits per heavy atom. The lowest BCUT2D eigenvalue weighted by Crippen LogP contribution is -2.36. The normalized spacial score (nSPS) is 26.6. The summed E-state index contributed by atoms with van der Waals surface area (Å²) in [6, 6.07) is 9.19. The van der Waals surface area contributed by atoms with Gasteiger partial charge in [0.25, 0.3) is 0 Å². The Labute approximate surface area is 171 Å². The van der Waals surface area contributed by atoms with Gasteiger partial charge in [0.1, 0.15) is 0 Å². The van der Waals surface area contributed by atoms with Crippen molar-refractivity contribution in [2.75, 3.05) is 26.7 Å². The monoisotopic (exact) mass is 392 g/mol. The van der Waals surface area contributed by atoms with Gasteiger partial charge in [0, 0.05) is 56.0 Å². The minimum atomic E-state index is 0.200. The van der Waals surface area contributed by atoms with Gasteiger partial charge in [0.05, 0.1) is 13.2 Å². The van der Waals surface area contributed by atoms with Crippen molar-refractivity contribution in [3.05, 3.63) is 53.3 Å². The number of benzene rings is 1. The smallest absolute Gasteiger partial charge is 0.316 e. The van der Waals surface area contributed by atoms with E-state index < -0.39 is 0 Å². The average Bonchev–Trinajstić information content (AvgIpc) is 3.43. The van der Waals surface area contributed by atoms with E-state index >= 15 is 0 Å². The Balaban J connectivity index is 1.36. The second-order valence-electron chi connectivity index (χ2n) is 8.76. The fraction of sp³-hybridized carbons (Fsp3) is 0.522. The van der Waals surface area contributed by atoms with Crippen LogP contribution in [0.4, 0.5) is 0 Å². The van der Waals surface area contributed by atoms with Gasteiger partial charge in [-0.2, -0.15) is 0 Å². The minimum Gasteiger partial charge on any atom is -0.467 e. The highest BCUT2D eigenvalue weighted by Crippen LogP contribution is 2.48. The Morgan fingerprint density at radius 1 is 1.14 bits per heavy atom. The van der Waals surface area contributed by atoms with E-state index in [9.17, 15) is 4.79 Å². The molecular weight excluding hydrogens is 364 g/mol. The number of fused-ring (bicyclic) bond motifs is 1. The van der Waals surface area contributed by atoms with Crippen LogP contribution in [0.3, 0.4) is 0 Å². The van der Waals surface area contributed by atoms with Crippen LogP contribution in [0.15, 0.2) is 36.7 Å². The van der Waals surface area contributed by atoms with Crippen molar-refractivity contribution in [3.63, 3.8) is 0 Å². The standard InChI is InChI=1S/C23H28N4O2/c1-15-5-3-4-6-19(15)21-20-14-26(11-16-9-24-23(29-2)25-10-16)12-18(20)13-27(21)22(28)17-7-8-17/h3-6,9-10,17-18,20-21H,7-8,11-14H2,1-2H3/t18-,20-,21+/m0/s1. The molecule has 2 saturated heterocycles. The van der Waals surface area contributed by atoms with Crippen LogP contribution in [0.2, 0.25) is 0 Å². The first-order valence-corrected chi connectivity index (χ1v) is 10.6. The van der Waals surface area contributed by atoms with Gasteiger partial charge in [-0.1, -0.05) is 24.3 Å². The fourth-order valence-electron chi connectivity index (χ4n) is 5.16. The van der Waals surface area contributed by atoms with Crippen LogP contribution in [-0.4, -0.2) is 52.4 Å². The lowest BCUT2D eigenvalue weighted by Gasteiger charge is -2.31. The molecule has 3 atom stereocenters. The minimum absolute atomic E-state index is 0.200. The first-order chi connectivity index (χ1) is 14.1. The van der Waals surface area contributed by atoms with Crippen molar-refractivity contribution in [2.45, 2.75) is 32.4 Å². The molecule has 1 aromatic carbocycles. The number of hydrogen-bond donors (Lipinski definition) is 0. The number of nitrogens with zero attached hydrogens (tertiary/aromatic N) is 4. The van der Waals surface area contributed by atoms with Gasteiger partial charge in [-0.3, -0.25) is 9.69 Å². The molecule has 1 aromatic heterocycles. The molecule has 3 fully saturated rings. The number of hydrogen-bond acceptors (Lipinski definition) is 5. The molecule has 152 valence electrons. The number of aromatic nitrogens is 2. The van der Waals surface area contributed by atoms with E-state index in [4.69, 9.17) is 4.74 Å². The first-order valence-electron chi connectivity index (χ1n) is 10.6. The van der Waals surface area contributed by atoms with Crippen LogP contribution in [-0.2, 0) is 11.3 Å². The van der Waals surface area contributed by atoms with Crippen LogP contribution < -0.4 is 4.74 Å². The van der Waals surface area contributed by atoms with Crippen LogP contribution in [0.1, 0.15) is 35.6 Å². The van der Waals surface area contributed by atoms with E-state index in [0.717, 1.165) is 44.6 Å². The predicted molar refractivity (Wildman–Crippen MR) is 109 cm³/mol. The van der Waals surface area contributed by atoms with Crippen LogP contribution in [0.25, 0.3) is 0 Å². The second kappa shape index (κ2) is 7.41. The summed E-state index contributed by atoms with van der Waals surface area (Å²) in [5.74, 6) is 1.66. The van der Waals surface area contributed by atoms with Crippen LogP contribution >= 0.6 is 0 Å². The molecule has 0 N–H and O–H groups in total. The third kappa shape index (κ3) is 3.50. The maximum absolute atomic E-state index is 13.1. The Morgan fingerprint density at radius 3 is 2.59 bits per heavy atom. The number of rotatable bonds is 5. The van der Waals surface area contributed by atoms with Crippen LogP contribution in [0, 0.1) is 24.7 Å². The third-order valence-corrected chi connectivity index (χ3v) is 6.73. The molecular formula is C23H28N4O2. The molecule has 29 heavy (non-hydrogen) atoms. The topological polar surface area (TPSA) is 58.6 Å². The van der Waals surface area contributed by atoms with Gasteiger partial charge >= 0.3 is 6.01 Å². The summed E-state index contributed by atoms with van der Waals surface area (Å²) < 4.78 is 5.06. The largest absolute Gasteiger partial charge is 0.467 e. The molecule has 0 unspecified atom stereocenters. The van der Waals surface area contributed by atoms with Gasteiger partial charge < -0.3 is 9.64 Å². The third-order valence-electron chi connectivity index (χ3n) is 6.73. The van der Waals surface area contributed by atoms with Gasteiger partial charge in [0.2, 0.25) is 5.91 Å². The molecule has 3 aliphatic rings. The Bertz CT molecular complexity index is 896. The summed E-state index contributed by atoms with van der Waals surface area (Å²) in [5.41, 5.74) is 3.71. The molecule has 1 saturated carbocycles. The highest BCUT2D eigenvalue weighted by molar-refractivity contribution is 5.82. The lowest BCUT2D eigenvalue weighted by molar-refractivity contribution is -0.134. The molecule has 2 aromatic rings. The average molecular weight is 393 g/mol. The molecule has 2 aliphatic heterocycles. The van der Waals surface area contributed by atoms with E-state index in [1.165, 1.54) is 11.1 Å². The molecule has 5 rings (SSSR count). The van der Waals surface area contributed by atoms with Crippen molar-refractivity contribution in [1.82, 2.24) is 19.8 Å². The zero-order chi connectivity index (χ0) is 20.0. The predicted octanol–water partition coefficient (Wildman–Crippen LogP) is 2.84. The molecule has 0 radical (unpaired) electrons. The summed E-state index contributed by atoms with van der Waals surface area (Å²) in [4.78, 5) is 26.2. The number of methoxy groups -OCH3 is 1. The maximum atomic E-state index is 13.1. The summed E-state index contributed by atoms with van der Waals surface area (Å²) in [5, 5.41) is 0. The number of aryl methyl sites for hydroxylation is 1. The summed E-state index contributed by atoms with van der Waals surface area (Å²) >= 11 is 0. The molecule has 0 spiro atoms. The SMILES string of the molecule is COc1ncc(CN2C[C@H]3CN(C(=O)C4CC4)[C@H](c4ccccc4C)[C@H]3C2)cn1. The lowest BCUT2D eigenvalue weighted by atomic mass is 9.87. The maximum Gasteiger partial charge on any atom is 0.316 e. The number of likely N-dealkylation sites (tertiary alicyclic amines) is 2. The number of ether oxygens (including phenoxy) is 1. The molecule has 1 amide bonds. The van der Waals surface area contributed by atoms with E-state index in [2.05, 4.69) is 51.0 Å². The molecule has 1 aliphatic carbocycles.